The third-order valence-electron chi connectivity index (χ3n) is 2.89. The van der Waals surface area contributed by atoms with E-state index in [1.54, 1.807) is 31.2 Å². The van der Waals surface area contributed by atoms with E-state index in [-0.39, 0.29) is 19.5 Å². The number of urea groups is 1. The molecule has 3 amide bonds. The summed E-state index contributed by atoms with van der Waals surface area (Å²) in [6.07, 6.45) is 0.163. The fourth-order valence-corrected chi connectivity index (χ4v) is 1.81. The minimum absolute atomic E-state index is 0.163. The number of primary amides is 1. The second-order valence-corrected chi connectivity index (χ2v) is 4.51. The second-order valence-electron chi connectivity index (χ2n) is 4.51. The van der Waals surface area contributed by atoms with Gasteiger partial charge in [0.2, 0.25) is 5.91 Å². The van der Waals surface area contributed by atoms with E-state index in [0.29, 0.717) is 0 Å². The van der Waals surface area contributed by atoms with E-state index in [0.717, 1.165) is 10.5 Å². The maximum atomic E-state index is 12.0. The number of benzene rings is 1. The minimum atomic E-state index is -1.14. The van der Waals surface area contributed by atoms with Crippen molar-refractivity contribution in [2.75, 3.05) is 13.1 Å². The summed E-state index contributed by atoms with van der Waals surface area (Å²) in [5.41, 5.74) is 5.84. The van der Waals surface area contributed by atoms with Crippen LogP contribution < -0.4 is 11.1 Å². The summed E-state index contributed by atoms with van der Waals surface area (Å²) < 4.78 is 0. The molecule has 0 bridgehead atoms. The Hall–Kier alpha value is -2.57. The number of likely N-dealkylation sites (N-methyl/N-ethyl adjacent to an activating group) is 1. The van der Waals surface area contributed by atoms with Crippen LogP contribution in [-0.2, 0) is 16.0 Å². The third kappa shape index (κ3) is 5.52. The first-order valence-corrected chi connectivity index (χ1v) is 6.54. The molecule has 0 spiro atoms. The number of nitrogens with zero attached hydrogens (tertiary/aromatic N) is 1. The van der Waals surface area contributed by atoms with Gasteiger partial charge >= 0.3 is 12.0 Å². The Labute approximate surface area is 122 Å². The molecule has 0 fully saturated rings. The highest BCUT2D eigenvalue weighted by Crippen LogP contribution is 2.04. The van der Waals surface area contributed by atoms with Crippen molar-refractivity contribution in [3.8, 4) is 0 Å². The predicted molar refractivity (Wildman–Crippen MR) is 76.5 cm³/mol. The van der Waals surface area contributed by atoms with Crippen LogP contribution in [-0.4, -0.2) is 47.0 Å². The molecule has 0 aliphatic heterocycles. The number of amides is 3. The summed E-state index contributed by atoms with van der Waals surface area (Å²) in [5, 5.41) is 11.6. The summed E-state index contributed by atoms with van der Waals surface area (Å²) in [6.45, 7) is 1.68. The molecule has 0 aromatic heterocycles. The lowest BCUT2D eigenvalue weighted by Crippen LogP contribution is -2.50. The van der Waals surface area contributed by atoms with E-state index in [1.165, 1.54) is 0 Å². The molecule has 0 heterocycles. The maximum absolute atomic E-state index is 12.0. The average Bonchev–Trinajstić information content (AvgIpc) is 2.44. The quantitative estimate of drug-likeness (QED) is 0.666. The molecule has 7 heteroatoms. The van der Waals surface area contributed by atoms with Crippen molar-refractivity contribution in [2.45, 2.75) is 19.4 Å². The van der Waals surface area contributed by atoms with Gasteiger partial charge in [-0.05, 0) is 12.5 Å². The Morgan fingerprint density at radius 1 is 1.29 bits per heavy atom. The second kappa shape index (κ2) is 7.88. The lowest BCUT2D eigenvalue weighted by atomic mass is 10.1. The monoisotopic (exact) mass is 293 g/mol. The summed E-state index contributed by atoms with van der Waals surface area (Å²) >= 11 is 0. The molecule has 114 valence electrons. The van der Waals surface area contributed by atoms with Gasteiger partial charge < -0.3 is 21.1 Å². The van der Waals surface area contributed by atoms with Crippen LogP contribution in [0.4, 0.5) is 4.79 Å². The Balaban J connectivity index is 2.71. The number of nitrogens with two attached hydrogens (primary N) is 1. The largest absolute Gasteiger partial charge is 0.480 e. The van der Waals surface area contributed by atoms with Gasteiger partial charge in [-0.3, -0.25) is 4.79 Å². The average molecular weight is 293 g/mol. The topological polar surface area (TPSA) is 113 Å². The van der Waals surface area contributed by atoms with Crippen molar-refractivity contribution in [3.05, 3.63) is 35.9 Å². The van der Waals surface area contributed by atoms with Crippen LogP contribution in [0.5, 0.6) is 0 Å². The smallest absolute Gasteiger partial charge is 0.326 e. The van der Waals surface area contributed by atoms with Gasteiger partial charge in [-0.25, -0.2) is 9.59 Å². The number of aliphatic carboxylic acids is 1. The van der Waals surface area contributed by atoms with Gasteiger partial charge in [-0.1, -0.05) is 30.3 Å². The Morgan fingerprint density at radius 3 is 2.38 bits per heavy atom. The molecule has 1 aromatic carbocycles. The number of rotatable bonds is 7. The van der Waals surface area contributed by atoms with E-state index in [4.69, 9.17) is 5.73 Å². The summed E-state index contributed by atoms with van der Waals surface area (Å²) in [6, 6.07) is 7.28. The first-order chi connectivity index (χ1) is 9.93. The molecule has 0 saturated heterocycles. The molecule has 0 unspecified atom stereocenters. The van der Waals surface area contributed by atoms with Crippen molar-refractivity contribution in [1.82, 2.24) is 10.2 Å². The van der Waals surface area contributed by atoms with Crippen LogP contribution in [0.3, 0.4) is 0 Å². The highest BCUT2D eigenvalue weighted by atomic mass is 16.4. The summed E-state index contributed by atoms with van der Waals surface area (Å²) in [5.74, 6) is -1.79. The fourth-order valence-electron chi connectivity index (χ4n) is 1.81. The standard InChI is InChI=1S/C14H19N3O4/c1-2-17(9-12(15)18)14(21)16-11(13(19)20)8-10-6-4-3-5-7-10/h3-7,11H,2,8-9H2,1H3,(H2,15,18)(H,16,21)(H,19,20)/t11-/m0/s1. The first-order valence-electron chi connectivity index (χ1n) is 6.54. The van der Waals surface area contributed by atoms with E-state index in [1.807, 2.05) is 6.07 Å². The molecule has 0 radical (unpaired) electrons. The molecular formula is C14H19N3O4. The predicted octanol–water partition coefficient (Wildman–Crippen LogP) is 0.199. The number of nitrogens with one attached hydrogen (secondary N) is 1. The van der Waals surface area contributed by atoms with Gasteiger partial charge in [0.15, 0.2) is 0 Å². The molecule has 7 nitrogen and oxygen atoms in total. The van der Waals surface area contributed by atoms with E-state index >= 15 is 0 Å². The van der Waals surface area contributed by atoms with E-state index in [2.05, 4.69) is 5.32 Å². The van der Waals surface area contributed by atoms with Crippen molar-refractivity contribution in [2.24, 2.45) is 5.73 Å². The number of carbonyl (C=O) groups excluding carboxylic acids is 2. The molecule has 4 N–H and O–H groups in total. The number of carboxylic acid groups (broad SMARTS) is 1. The lowest BCUT2D eigenvalue weighted by Gasteiger charge is -2.22. The normalized spacial score (nSPS) is 11.5. The van der Waals surface area contributed by atoms with Crippen LogP contribution in [0.2, 0.25) is 0 Å². The van der Waals surface area contributed by atoms with Gasteiger partial charge in [-0.2, -0.15) is 0 Å². The summed E-state index contributed by atoms with van der Waals surface area (Å²) in [4.78, 5) is 35.2. The molecule has 1 rings (SSSR count). The maximum Gasteiger partial charge on any atom is 0.326 e. The zero-order valence-corrected chi connectivity index (χ0v) is 11.8. The van der Waals surface area contributed by atoms with Gasteiger partial charge in [0.25, 0.3) is 0 Å². The van der Waals surface area contributed by atoms with Crippen LogP contribution in [0.1, 0.15) is 12.5 Å². The number of carbonyl (C=O) groups is 3. The Bertz CT molecular complexity index is 504. The van der Waals surface area contributed by atoms with Crippen molar-refractivity contribution in [3.63, 3.8) is 0 Å². The SMILES string of the molecule is CCN(CC(N)=O)C(=O)N[C@@H](Cc1ccccc1)C(=O)O. The van der Waals surface area contributed by atoms with Gasteiger partial charge in [0.05, 0.1) is 0 Å². The zero-order chi connectivity index (χ0) is 15.8. The summed E-state index contributed by atoms with van der Waals surface area (Å²) in [7, 11) is 0. The number of hydrogen-bond acceptors (Lipinski definition) is 3. The molecule has 1 aromatic rings. The van der Waals surface area contributed by atoms with Crippen molar-refractivity contribution >= 4 is 17.9 Å². The molecule has 0 saturated carbocycles. The Kier molecular flexibility index (Phi) is 6.19. The molecule has 0 aliphatic carbocycles. The lowest BCUT2D eigenvalue weighted by molar-refractivity contribution is -0.139. The van der Waals surface area contributed by atoms with Gasteiger partial charge in [-0.15, -0.1) is 0 Å². The molecular weight excluding hydrogens is 274 g/mol. The first kappa shape index (κ1) is 16.5. The van der Waals surface area contributed by atoms with Crippen LogP contribution >= 0.6 is 0 Å². The number of hydrogen-bond donors (Lipinski definition) is 3. The molecule has 0 aliphatic rings. The van der Waals surface area contributed by atoms with Gasteiger partial charge in [0.1, 0.15) is 12.6 Å². The van der Waals surface area contributed by atoms with Gasteiger partial charge in [0, 0.05) is 13.0 Å². The van der Waals surface area contributed by atoms with Crippen LogP contribution in [0, 0.1) is 0 Å². The highest BCUT2D eigenvalue weighted by molar-refractivity contribution is 5.86. The molecule has 21 heavy (non-hydrogen) atoms. The third-order valence-corrected chi connectivity index (χ3v) is 2.89. The van der Waals surface area contributed by atoms with E-state index < -0.39 is 23.9 Å². The van der Waals surface area contributed by atoms with Crippen molar-refractivity contribution in [1.29, 1.82) is 0 Å². The fraction of sp³-hybridized carbons (Fsp3) is 0.357. The van der Waals surface area contributed by atoms with Crippen LogP contribution in [0.15, 0.2) is 30.3 Å². The number of carboxylic acids is 1. The molecule has 1 atom stereocenters. The van der Waals surface area contributed by atoms with Crippen LogP contribution in [0.25, 0.3) is 0 Å². The highest BCUT2D eigenvalue weighted by Gasteiger charge is 2.23. The van der Waals surface area contributed by atoms with Crippen molar-refractivity contribution < 1.29 is 19.5 Å². The minimum Gasteiger partial charge on any atom is -0.480 e. The Morgan fingerprint density at radius 2 is 1.90 bits per heavy atom. The van der Waals surface area contributed by atoms with E-state index in [9.17, 15) is 19.5 Å². The zero-order valence-electron chi connectivity index (χ0n) is 11.8.